The number of hydrogen-bond donors (Lipinski definition) is 1. The van der Waals surface area contributed by atoms with Crippen LogP contribution in [-0.4, -0.2) is 15.3 Å². The minimum atomic E-state index is -4.40. The first-order chi connectivity index (χ1) is 12.8. The molecule has 1 N–H and O–H groups in total. The van der Waals surface area contributed by atoms with Gasteiger partial charge in [-0.1, -0.05) is 29.8 Å². The summed E-state index contributed by atoms with van der Waals surface area (Å²) in [5.74, 6) is -0.102. The minimum Gasteiger partial charge on any atom is -0.350 e. The van der Waals surface area contributed by atoms with Gasteiger partial charge in [-0.05, 0) is 37.5 Å². The standard InChI is InChI=1S/C20H20F3N3O/c1-14-5-7-15(8-6-14)3-2-4-19(27)24-11-17-13-26-12-16(20(21,22)23)9-10-18(26)25-17/h5-10,12-13H,2-4,11H2,1H3,(H,24,27). The molecule has 0 aliphatic rings. The molecule has 0 spiro atoms. The molecule has 4 nitrogen and oxygen atoms in total. The number of halogens is 3. The minimum absolute atomic E-state index is 0.102. The van der Waals surface area contributed by atoms with E-state index in [0.29, 0.717) is 17.8 Å². The number of aryl methyl sites for hydroxylation is 2. The number of imidazole rings is 1. The van der Waals surface area contributed by atoms with Gasteiger partial charge in [-0.15, -0.1) is 0 Å². The first kappa shape index (κ1) is 18.9. The predicted molar refractivity (Wildman–Crippen MR) is 96.2 cm³/mol. The highest BCUT2D eigenvalue weighted by molar-refractivity contribution is 5.75. The van der Waals surface area contributed by atoms with Gasteiger partial charge in [-0.25, -0.2) is 4.98 Å². The molecule has 142 valence electrons. The van der Waals surface area contributed by atoms with Gasteiger partial charge >= 0.3 is 6.18 Å². The van der Waals surface area contributed by atoms with Crippen molar-refractivity contribution in [3.8, 4) is 0 Å². The van der Waals surface area contributed by atoms with E-state index in [4.69, 9.17) is 0 Å². The largest absolute Gasteiger partial charge is 0.417 e. The third kappa shape index (κ3) is 5.09. The van der Waals surface area contributed by atoms with Crippen LogP contribution in [-0.2, 0) is 23.9 Å². The summed E-state index contributed by atoms with van der Waals surface area (Å²) >= 11 is 0. The van der Waals surface area contributed by atoms with Crippen LogP contribution in [0.2, 0.25) is 0 Å². The van der Waals surface area contributed by atoms with Crippen molar-refractivity contribution in [1.29, 1.82) is 0 Å². The molecule has 0 saturated heterocycles. The van der Waals surface area contributed by atoms with E-state index in [2.05, 4.69) is 22.4 Å². The molecular weight excluding hydrogens is 355 g/mol. The summed E-state index contributed by atoms with van der Waals surface area (Å²) in [5, 5.41) is 2.76. The Labute approximate surface area is 155 Å². The average molecular weight is 375 g/mol. The molecule has 0 aliphatic carbocycles. The van der Waals surface area contributed by atoms with E-state index in [1.807, 2.05) is 19.1 Å². The number of carbonyl (C=O) groups is 1. The zero-order valence-electron chi connectivity index (χ0n) is 14.9. The van der Waals surface area contributed by atoms with E-state index in [-0.39, 0.29) is 12.5 Å². The normalized spacial score (nSPS) is 11.7. The number of hydrogen-bond acceptors (Lipinski definition) is 2. The van der Waals surface area contributed by atoms with Gasteiger partial charge in [0.1, 0.15) is 5.65 Å². The molecule has 0 radical (unpaired) electrons. The van der Waals surface area contributed by atoms with Gasteiger partial charge < -0.3 is 9.72 Å². The fourth-order valence-corrected chi connectivity index (χ4v) is 2.78. The van der Waals surface area contributed by atoms with Crippen LogP contribution < -0.4 is 5.32 Å². The Bertz CT molecular complexity index is 930. The predicted octanol–water partition coefficient (Wildman–Crippen LogP) is 4.30. The van der Waals surface area contributed by atoms with E-state index in [1.54, 1.807) is 0 Å². The Morgan fingerprint density at radius 2 is 1.85 bits per heavy atom. The van der Waals surface area contributed by atoms with Crippen molar-refractivity contribution in [2.45, 2.75) is 38.9 Å². The fourth-order valence-electron chi connectivity index (χ4n) is 2.78. The number of nitrogens with zero attached hydrogens (tertiary/aromatic N) is 2. The second-order valence-electron chi connectivity index (χ2n) is 6.53. The van der Waals surface area contributed by atoms with Crippen LogP contribution in [0.1, 0.15) is 35.2 Å². The molecule has 2 heterocycles. The summed E-state index contributed by atoms with van der Waals surface area (Å²) in [5.41, 5.74) is 2.58. The number of alkyl halides is 3. The fraction of sp³-hybridized carbons (Fsp3) is 0.300. The molecule has 3 aromatic rings. The molecule has 1 aromatic carbocycles. The number of rotatable bonds is 6. The van der Waals surface area contributed by atoms with E-state index >= 15 is 0 Å². The van der Waals surface area contributed by atoms with Gasteiger partial charge in [0.25, 0.3) is 0 Å². The zero-order chi connectivity index (χ0) is 19.4. The number of amides is 1. The zero-order valence-corrected chi connectivity index (χ0v) is 14.9. The van der Waals surface area contributed by atoms with Gasteiger partial charge in [0.15, 0.2) is 0 Å². The number of nitrogens with one attached hydrogen (secondary N) is 1. The second kappa shape index (κ2) is 7.82. The monoisotopic (exact) mass is 375 g/mol. The maximum atomic E-state index is 12.7. The number of fused-ring (bicyclic) bond motifs is 1. The summed E-state index contributed by atoms with van der Waals surface area (Å²) in [6.45, 7) is 2.22. The smallest absolute Gasteiger partial charge is 0.350 e. The van der Waals surface area contributed by atoms with Crippen molar-refractivity contribution >= 4 is 11.6 Å². The van der Waals surface area contributed by atoms with Gasteiger partial charge in [0.05, 0.1) is 17.8 Å². The molecular formula is C20H20F3N3O. The van der Waals surface area contributed by atoms with Gasteiger partial charge in [-0.3, -0.25) is 4.79 Å². The van der Waals surface area contributed by atoms with Crippen molar-refractivity contribution < 1.29 is 18.0 Å². The summed E-state index contributed by atoms with van der Waals surface area (Å²) < 4.78 is 39.6. The summed E-state index contributed by atoms with van der Waals surface area (Å²) in [6, 6.07) is 10.5. The van der Waals surface area contributed by atoms with Crippen molar-refractivity contribution in [1.82, 2.24) is 14.7 Å². The average Bonchev–Trinajstić information content (AvgIpc) is 3.03. The van der Waals surface area contributed by atoms with Crippen LogP contribution in [0.3, 0.4) is 0 Å². The Morgan fingerprint density at radius 1 is 1.11 bits per heavy atom. The van der Waals surface area contributed by atoms with Crippen LogP contribution in [0.25, 0.3) is 5.65 Å². The first-order valence-electron chi connectivity index (χ1n) is 8.68. The van der Waals surface area contributed by atoms with Crippen LogP contribution in [0.4, 0.5) is 13.2 Å². The quantitative estimate of drug-likeness (QED) is 0.698. The van der Waals surface area contributed by atoms with Crippen LogP contribution in [0.5, 0.6) is 0 Å². The lowest BCUT2D eigenvalue weighted by Crippen LogP contribution is -2.22. The molecule has 27 heavy (non-hydrogen) atoms. The number of carbonyl (C=O) groups excluding carboxylic acids is 1. The Balaban J connectivity index is 1.50. The second-order valence-corrected chi connectivity index (χ2v) is 6.53. The highest BCUT2D eigenvalue weighted by Gasteiger charge is 2.30. The first-order valence-corrected chi connectivity index (χ1v) is 8.68. The van der Waals surface area contributed by atoms with E-state index in [9.17, 15) is 18.0 Å². The van der Waals surface area contributed by atoms with Crippen molar-refractivity contribution in [2.24, 2.45) is 0 Å². The van der Waals surface area contributed by atoms with Crippen molar-refractivity contribution in [2.75, 3.05) is 0 Å². The topological polar surface area (TPSA) is 46.4 Å². The van der Waals surface area contributed by atoms with Crippen LogP contribution in [0, 0.1) is 6.92 Å². The number of aromatic nitrogens is 2. The van der Waals surface area contributed by atoms with Gasteiger partial charge in [0, 0.05) is 18.8 Å². The molecule has 2 aromatic heterocycles. The maximum absolute atomic E-state index is 12.7. The van der Waals surface area contributed by atoms with Crippen molar-refractivity contribution in [3.05, 3.63) is 71.2 Å². The molecule has 0 atom stereocenters. The lowest BCUT2D eigenvalue weighted by atomic mass is 10.1. The van der Waals surface area contributed by atoms with E-state index in [1.165, 1.54) is 27.8 Å². The number of pyridine rings is 1. The molecule has 0 aliphatic heterocycles. The molecule has 3 rings (SSSR count). The Morgan fingerprint density at radius 3 is 2.56 bits per heavy atom. The van der Waals surface area contributed by atoms with Crippen LogP contribution >= 0.6 is 0 Å². The molecule has 0 bridgehead atoms. The van der Waals surface area contributed by atoms with Gasteiger partial charge in [-0.2, -0.15) is 13.2 Å². The Kier molecular flexibility index (Phi) is 5.48. The third-order valence-corrected chi connectivity index (χ3v) is 4.28. The molecule has 0 fully saturated rings. The van der Waals surface area contributed by atoms with Crippen molar-refractivity contribution in [3.63, 3.8) is 0 Å². The highest BCUT2D eigenvalue weighted by atomic mass is 19.4. The molecule has 0 saturated carbocycles. The van der Waals surface area contributed by atoms with E-state index in [0.717, 1.165) is 25.1 Å². The molecule has 1 amide bonds. The summed E-state index contributed by atoms with van der Waals surface area (Å²) in [7, 11) is 0. The Hall–Kier alpha value is -2.83. The lowest BCUT2D eigenvalue weighted by Gasteiger charge is -2.05. The maximum Gasteiger partial charge on any atom is 0.417 e. The summed E-state index contributed by atoms with van der Waals surface area (Å²) in [6.07, 6.45) is 0.0351. The highest BCUT2D eigenvalue weighted by Crippen LogP contribution is 2.29. The SMILES string of the molecule is Cc1ccc(CCCC(=O)NCc2cn3cc(C(F)(F)F)ccc3n2)cc1. The van der Waals surface area contributed by atoms with Crippen LogP contribution in [0.15, 0.2) is 48.8 Å². The molecule has 7 heteroatoms. The third-order valence-electron chi connectivity index (χ3n) is 4.28. The summed E-state index contributed by atoms with van der Waals surface area (Å²) in [4.78, 5) is 16.2. The molecule has 0 unspecified atom stereocenters. The lowest BCUT2D eigenvalue weighted by molar-refractivity contribution is -0.137. The van der Waals surface area contributed by atoms with E-state index < -0.39 is 11.7 Å². The van der Waals surface area contributed by atoms with Gasteiger partial charge in [0.2, 0.25) is 5.91 Å². The number of benzene rings is 1.